The van der Waals surface area contributed by atoms with E-state index in [9.17, 15) is 22.4 Å². The Bertz CT molecular complexity index is 529. The van der Waals surface area contributed by atoms with Crippen LogP contribution in [0.1, 0.15) is 75.2 Å². The Morgan fingerprint density at radius 3 is 2.19 bits per heavy atom. The normalized spacial score (nSPS) is 11.6. The van der Waals surface area contributed by atoms with Gasteiger partial charge >= 0.3 is 12.1 Å². The van der Waals surface area contributed by atoms with Crippen LogP contribution in [0.2, 0.25) is 0 Å². The van der Waals surface area contributed by atoms with E-state index in [1.807, 2.05) is 0 Å². The van der Waals surface area contributed by atoms with E-state index in [0.29, 0.717) is 0 Å². The highest BCUT2D eigenvalue weighted by Crippen LogP contribution is 2.22. The van der Waals surface area contributed by atoms with E-state index < -0.39 is 30.3 Å². The van der Waals surface area contributed by atoms with Crippen molar-refractivity contribution in [3.05, 3.63) is 17.7 Å². The zero-order valence-electron chi connectivity index (χ0n) is 15.1. The summed E-state index contributed by atoms with van der Waals surface area (Å²) >= 11 is 0. The van der Waals surface area contributed by atoms with Crippen molar-refractivity contribution in [3.8, 4) is 5.75 Å². The van der Waals surface area contributed by atoms with E-state index in [1.165, 1.54) is 32.1 Å². The van der Waals surface area contributed by atoms with Crippen LogP contribution < -0.4 is 4.74 Å². The highest BCUT2D eigenvalue weighted by Gasteiger charge is 2.31. The van der Waals surface area contributed by atoms with E-state index in [-0.39, 0.29) is 12.4 Å². The second kappa shape index (κ2) is 11.8. The number of rotatable bonds is 13. The monoisotopic (exact) mass is 381 g/mol. The predicted molar refractivity (Wildman–Crippen MR) is 89.8 cm³/mol. The summed E-state index contributed by atoms with van der Waals surface area (Å²) in [6, 6.07) is 0. The molecule has 1 aromatic rings. The molecule has 0 atom stereocenters. The van der Waals surface area contributed by atoms with Crippen molar-refractivity contribution >= 4 is 5.97 Å². The van der Waals surface area contributed by atoms with Gasteiger partial charge in [-0.3, -0.25) is 0 Å². The first kappa shape index (κ1) is 22.3. The first-order valence-electron chi connectivity index (χ1n) is 9.08. The van der Waals surface area contributed by atoms with E-state index in [2.05, 4.69) is 16.6 Å². The van der Waals surface area contributed by atoms with Gasteiger partial charge in [0.15, 0.2) is 23.9 Å². The zero-order chi connectivity index (χ0) is 19.4. The molecule has 0 aliphatic carbocycles. The number of H-pyrrole nitrogens is 1. The minimum absolute atomic E-state index is 0.191. The third-order valence-corrected chi connectivity index (χ3v) is 3.86. The third kappa shape index (κ3) is 9.10. The summed E-state index contributed by atoms with van der Waals surface area (Å²) in [4.78, 5) is 13.7. The van der Waals surface area contributed by atoms with Crippen LogP contribution in [-0.2, 0) is 4.74 Å². The highest BCUT2D eigenvalue weighted by atomic mass is 19.4. The molecule has 26 heavy (non-hydrogen) atoms. The van der Waals surface area contributed by atoms with Gasteiger partial charge in [-0.15, -0.1) is 0 Å². The summed E-state index contributed by atoms with van der Waals surface area (Å²) in [7, 11) is 0. The van der Waals surface area contributed by atoms with Crippen LogP contribution in [0.5, 0.6) is 5.75 Å². The molecule has 0 saturated carbocycles. The van der Waals surface area contributed by atoms with Crippen LogP contribution in [0.25, 0.3) is 0 Å². The SMILES string of the molecule is CCCCCCCCCCCOc1c[nH]c(C(=O)OCC(F)(F)F)c1F. The van der Waals surface area contributed by atoms with Crippen molar-refractivity contribution in [1.82, 2.24) is 4.98 Å². The van der Waals surface area contributed by atoms with Gasteiger partial charge in [-0.1, -0.05) is 58.3 Å². The molecule has 4 nitrogen and oxygen atoms in total. The highest BCUT2D eigenvalue weighted by molar-refractivity contribution is 5.88. The molecule has 0 saturated heterocycles. The maximum atomic E-state index is 13.9. The Kier molecular flexibility index (Phi) is 10.1. The van der Waals surface area contributed by atoms with Crippen molar-refractivity contribution in [2.75, 3.05) is 13.2 Å². The molecule has 0 radical (unpaired) electrons. The van der Waals surface area contributed by atoms with Crippen LogP contribution in [-0.4, -0.2) is 30.3 Å². The average Bonchev–Trinajstić information content (AvgIpc) is 2.94. The lowest BCUT2D eigenvalue weighted by molar-refractivity contribution is -0.161. The minimum Gasteiger partial charge on any atom is -0.489 e. The Hall–Kier alpha value is -1.73. The molecule has 1 N–H and O–H groups in total. The molecule has 1 rings (SSSR count). The van der Waals surface area contributed by atoms with Crippen LogP contribution in [0.4, 0.5) is 17.6 Å². The van der Waals surface area contributed by atoms with Gasteiger partial charge < -0.3 is 14.5 Å². The predicted octanol–water partition coefficient (Wildman–Crippen LogP) is 5.78. The molecular weight excluding hydrogens is 354 g/mol. The van der Waals surface area contributed by atoms with Crippen LogP contribution in [0, 0.1) is 5.82 Å². The van der Waals surface area contributed by atoms with E-state index in [1.54, 1.807) is 0 Å². The topological polar surface area (TPSA) is 51.3 Å². The van der Waals surface area contributed by atoms with Gasteiger partial charge in [0, 0.05) is 6.20 Å². The minimum atomic E-state index is -4.66. The maximum Gasteiger partial charge on any atom is 0.422 e. The Morgan fingerprint density at radius 2 is 1.62 bits per heavy atom. The average molecular weight is 381 g/mol. The third-order valence-electron chi connectivity index (χ3n) is 3.86. The van der Waals surface area contributed by atoms with Crippen LogP contribution >= 0.6 is 0 Å². The number of ether oxygens (including phenoxy) is 2. The number of halogens is 4. The summed E-state index contributed by atoms with van der Waals surface area (Å²) in [5.41, 5.74) is -0.670. The number of hydrogen-bond donors (Lipinski definition) is 1. The van der Waals surface area contributed by atoms with Gasteiger partial charge in [0.2, 0.25) is 0 Å². The Labute approximate surface area is 151 Å². The summed E-state index contributed by atoms with van der Waals surface area (Å²) in [6.07, 6.45) is 6.66. The second-order valence-corrected chi connectivity index (χ2v) is 6.21. The fourth-order valence-corrected chi connectivity index (χ4v) is 2.46. The fourth-order valence-electron chi connectivity index (χ4n) is 2.46. The van der Waals surface area contributed by atoms with Gasteiger partial charge in [0.05, 0.1) is 6.61 Å². The van der Waals surface area contributed by atoms with Gasteiger partial charge in [0.25, 0.3) is 0 Å². The second-order valence-electron chi connectivity index (χ2n) is 6.21. The lowest BCUT2D eigenvalue weighted by Gasteiger charge is -2.07. The maximum absolute atomic E-state index is 13.9. The number of esters is 1. The van der Waals surface area contributed by atoms with E-state index in [0.717, 1.165) is 31.9 Å². The lowest BCUT2D eigenvalue weighted by Crippen LogP contribution is -2.21. The molecule has 150 valence electrons. The van der Waals surface area contributed by atoms with Gasteiger partial charge in [0.1, 0.15) is 0 Å². The Balaban J connectivity index is 2.20. The van der Waals surface area contributed by atoms with Crippen molar-refractivity contribution in [2.45, 2.75) is 70.9 Å². The molecule has 0 aromatic carbocycles. The van der Waals surface area contributed by atoms with Crippen molar-refractivity contribution in [2.24, 2.45) is 0 Å². The smallest absolute Gasteiger partial charge is 0.422 e. The Morgan fingerprint density at radius 1 is 1.04 bits per heavy atom. The number of carbonyl (C=O) groups excluding carboxylic acids is 1. The number of unbranched alkanes of at least 4 members (excludes halogenated alkanes) is 8. The molecule has 8 heteroatoms. The molecule has 1 heterocycles. The standard InChI is InChI=1S/C18H27F4NO3/c1-2-3-4-5-6-7-8-9-10-11-25-14-12-23-16(15(14)19)17(24)26-13-18(20,21)22/h12,23H,2-11,13H2,1H3. The summed E-state index contributed by atoms with van der Waals surface area (Å²) < 4.78 is 59.2. The molecule has 0 spiro atoms. The van der Waals surface area contributed by atoms with Gasteiger partial charge in [-0.2, -0.15) is 13.2 Å². The summed E-state index contributed by atoms with van der Waals surface area (Å²) in [5, 5.41) is 0. The molecule has 0 aliphatic rings. The first-order valence-corrected chi connectivity index (χ1v) is 9.08. The lowest BCUT2D eigenvalue weighted by atomic mass is 10.1. The molecule has 0 bridgehead atoms. The number of aromatic nitrogens is 1. The summed E-state index contributed by atoms with van der Waals surface area (Å²) in [5.74, 6) is -2.63. The molecule has 0 fully saturated rings. The number of carbonyl (C=O) groups is 1. The van der Waals surface area contributed by atoms with Crippen LogP contribution in [0.3, 0.4) is 0 Å². The molecule has 0 amide bonds. The van der Waals surface area contributed by atoms with Gasteiger partial charge in [-0.05, 0) is 6.42 Å². The zero-order valence-corrected chi connectivity index (χ0v) is 15.1. The molecule has 0 unspecified atom stereocenters. The quantitative estimate of drug-likeness (QED) is 0.268. The number of alkyl halides is 3. The van der Waals surface area contributed by atoms with E-state index >= 15 is 0 Å². The van der Waals surface area contributed by atoms with Gasteiger partial charge in [-0.25, -0.2) is 9.18 Å². The molecule has 0 aliphatic heterocycles. The van der Waals surface area contributed by atoms with Crippen LogP contribution in [0.15, 0.2) is 6.20 Å². The fraction of sp³-hybridized carbons (Fsp3) is 0.722. The first-order chi connectivity index (χ1) is 12.3. The van der Waals surface area contributed by atoms with Crippen molar-refractivity contribution < 1.29 is 31.8 Å². The van der Waals surface area contributed by atoms with Crippen molar-refractivity contribution in [1.29, 1.82) is 0 Å². The summed E-state index contributed by atoms with van der Waals surface area (Å²) in [6.45, 7) is 0.697. The molecular formula is C18H27F4NO3. The van der Waals surface area contributed by atoms with E-state index in [4.69, 9.17) is 4.74 Å². The number of aromatic amines is 1. The number of hydrogen-bond acceptors (Lipinski definition) is 3. The van der Waals surface area contributed by atoms with Crippen molar-refractivity contribution in [3.63, 3.8) is 0 Å². The number of nitrogens with one attached hydrogen (secondary N) is 1. The largest absolute Gasteiger partial charge is 0.489 e. The molecule has 1 aromatic heterocycles.